The van der Waals surface area contributed by atoms with Crippen molar-refractivity contribution in [1.82, 2.24) is 15.5 Å². The molecule has 2 rings (SSSR count). The zero-order valence-electron chi connectivity index (χ0n) is 17.6. The number of rotatable bonds is 8. The van der Waals surface area contributed by atoms with Gasteiger partial charge in [-0.3, -0.25) is 14.4 Å². The van der Waals surface area contributed by atoms with E-state index in [2.05, 4.69) is 17.6 Å². The lowest BCUT2D eigenvalue weighted by molar-refractivity contribution is -0.143. The van der Waals surface area contributed by atoms with E-state index in [4.69, 9.17) is 0 Å². The third-order valence-corrected chi connectivity index (χ3v) is 5.99. The van der Waals surface area contributed by atoms with Gasteiger partial charge in [0, 0.05) is 19.0 Å². The number of nitrogens with zero attached hydrogens (tertiary/aromatic N) is 1. The number of carbonyl (C=O) groups excluding carboxylic acids is 3. The Kier molecular flexibility index (Phi) is 7.63. The fourth-order valence-electron chi connectivity index (χ4n) is 4.76. The molecule has 0 radical (unpaired) electrons. The molecule has 1 aliphatic heterocycles. The maximum absolute atomic E-state index is 13.5. The van der Waals surface area contributed by atoms with Gasteiger partial charge in [0.25, 0.3) is 0 Å². The van der Waals surface area contributed by atoms with Crippen LogP contribution in [0.15, 0.2) is 12.2 Å². The molecular formula is C21H35N3O4. The molecule has 0 saturated carbocycles. The van der Waals surface area contributed by atoms with Crippen LogP contribution in [0.1, 0.15) is 47.0 Å². The van der Waals surface area contributed by atoms with E-state index in [0.717, 1.165) is 12.8 Å². The number of hydrogen-bond acceptors (Lipinski definition) is 4. The average Bonchev–Trinajstić information content (AvgIpc) is 2.95. The van der Waals surface area contributed by atoms with Gasteiger partial charge in [-0.2, -0.15) is 0 Å². The highest BCUT2D eigenvalue weighted by atomic mass is 16.3. The van der Waals surface area contributed by atoms with Crippen molar-refractivity contribution in [1.29, 1.82) is 0 Å². The highest BCUT2D eigenvalue weighted by Crippen LogP contribution is 2.46. The van der Waals surface area contributed by atoms with Gasteiger partial charge in [0.2, 0.25) is 17.7 Å². The van der Waals surface area contributed by atoms with Crippen molar-refractivity contribution in [2.75, 3.05) is 13.7 Å². The molecule has 7 heteroatoms. The zero-order valence-corrected chi connectivity index (χ0v) is 17.6. The number of fused-ring (bicyclic) bond motifs is 1. The number of nitrogens with one attached hydrogen (secondary N) is 2. The van der Waals surface area contributed by atoms with Crippen LogP contribution in [-0.2, 0) is 14.4 Å². The molecule has 158 valence electrons. The van der Waals surface area contributed by atoms with Gasteiger partial charge in [-0.05, 0) is 32.6 Å². The third-order valence-electron chi connectivity index (χ3n) is 5.99. The molecule has 3 N–H and O–H groups in total. The van der Waals surface area contributed by atoms with Gasteiger partial charge in [-0.1, -0.05) is 32.4 Å². The summed E-state index contributed by atoms with van der Waals surface area (Å²) in [6.45, 7) is 7.49. The van der Waals surface area contributed by atoms with Crippen molar-refractivity contribution in [3.8, 4) is 0 Å². The van der Waals surface area contributed by atoms with Gasteiger partial charge in [-0.15, -0.1) is 0 Å². The Morgan fingerprint density at radius 2 is 1.89 bits per heavy atom. The molecule has 28 heavy (non-hydrogen) atoms. The Balaban J connectivity index is 2.52. The summed E-state index contributed by atoms with van der Waals surface area (Å²) in [5, 5.41) is 15.5. The molecule has 0 unspecified atom stereocenters. The van der Waals surface area contributed by atoms with Crippen LogP contribution in [0.3, 0.4) is 0 Å². The van der Waals surface area contributed by atoms with Crippen molar-refractivity contribution < 1.29 is 19.5 Å². The molecule has 1 aliphatic carbocycles. The normalized spacial score (nSPS) is 30.3. The lowest BCUT2D eigenvalue weighted by atomic mass is 9.68. The Morgan fingerprint density at radius 1 is 1.21 bits per heavy atom. The van der Waals surface area contributed by atoms with Gasteiger partial charge in [-0.25, -0.2) is 0 Å². The lowest BCUT2D eigenvalue weighted by Crippen LogP contribution is -2.53. The van der Waals surface area contributed by atoms with Gasteiger partial charge < -0.3 is 20.6 Å². The minimum Gasteiger partial charge on any atom is -0.394 e. The van der Waals surface area contributed by atoms with E-state index >= 15 is 0 Å². The first-order valence-corrected chi connectivity index (χ1v) is 10.5. The topological polar surface area (TPSA) is 98.7 Å². The SMILES string of the molecule is CCC[C@@H]1C=C[C@H]2[C@H](C(=O)N([C@@H](CC)CO)[C@@H]2C(=O)NC(C)C)[C@@H]1C(=O)NC. The average molecular weight is 394 g/mol. The first kappa shape index (κ1) is 22.4. The number of aliphatic hydroxyl groups excluding tert-OH is 1. The van der Waals surface area contributed by atoms with E-state index in [9.17, 15) is 19.5 Å². The molecule has 0 bridgehead atoms. The summed E-state index contributed by atoms with van der Waals surface area (Å²) >= 11 is 0. The monoisotopic (exact) mass is 393 g/mol. The molecule has 0 aromatic heterocycles. The first-order chi connectivity index (χ1) is 13.3. The van der Waals surface area contributed by atoms with Crippen LogP contribution in [-0.4, -0.2) is 59.5 Å². The minimum atomic E-state index is -0.706. The quantitative estimate of drug-likeness (QED) is 0.537. The van der Waals surface area contributed by atoms with Gasteiger partial charge >= 0.3 is 0 Å². The highest BCUT2D eigenvalue weighted by Gasteiger charge is 2.58. The van der Waals surface area contributed by atoms with E-state index in [0.29, 0.717) is 6.42 Å². The van der Waals surface area contributed by atoms with E-state index in [1.54, 1.807) is 11.9 Å². The highest BCUT2D eigenvalue weighted by molar-refractivity contribution is 5.97. The number of amides is 3. The molecule has 0 aromatic rings. The summed E-state index contributed by atoms with van der Waals surface area (Å²) in [7, 11) is 1.58. The van der Waals surface area contributed by atoms with E-state index in [-0.39, 0.29) is 42.2 Å². The van der Waals surface area contributed by atoms with Crippen molar-refractivity contribution in [3.63, 3.8) is 0 Å². The minimum absolute atomic E-state index is 0.0295. The summed E-state index contributed by atoms with van der Waals surface area (Å²) in [4.78, 5) is 40.8. The Morgan fingerprint density at radius 3 is 2.39 bits per heavy atom. The summed E-state index contributed by atoms with van der Waals surface area (Å²) in [6.07, 6.45) is 6.22. The Bertz CT molecular complexity index is 615. The second kappa shape index (κ2) is 9.54. The van der Waals surface area contributed by atoms with Crippen LogP contribution in [0, 0.1) is 23.7 Å². The fourth-order valence-corrected chi connectivity index (χ4v) is 4.76. The van der Waals surface area contributed by atoms with E-state index < -0.39 is 23.9 Å². The summed E-state index contributed by atoms with van der Waals surface area (Å²) in [5.41, 5.74) is 0. The zero-order chi connectivity index (χ0) is 21.0. The number of hydrogen-bond donors (Lipinski definition) is 3. The van der Waals surface area contributed by atoms with Crippen LogP contribution in [0.25, 0.3) is 0 Å². The number of carbonyl (C=O) groups is 3. The molecule has 2 aliphatic rings. The number of aliphatic hydroxyl groups is 1. The van der Waals surface area contributed by atoms with Crippen molar-refractivity contribution in [3.05, 3.63) is 12.2 Å². The van der Waals surface area contributed by atoms with E-state index in [1.807, 2.05) is 32.9 Å². The van der Waals surface area contributed by atoms with Crippen LogP contribution in [0.2, 0.25) is 0 Å². The van der Waals surface area contributed by atoms with Crippen LogP contribution >= 0.6 is 0 Å². The standard InChI is InChI=1S/C21H35N3O4/c1-6-8-13-9-10-15-17(16(13)19(26)22-5)21(28)24(14(7-2)11-25)18(15)20(27)23-12(3)4/h9-10,12-18,25H,6-8,11H2,1-5H3,(H,22,26)(H,23,27)/t13-,14+,15+,16-,17+,18+/m1/s1. The molecular weight excluding hydrogens is 358 g/mol. The predicted molar refractivity (Wildman–Crippen MR) is 107 cm³/mol. The lowest BCUT2D eigenvalue weighted by Gasteiger charge is -2.34. The van der Waals surface area contributed by atoms with Crippen LogP contribution in [0.4, 0.5) is 0 Å². The maximum atomic E-state index is 13.5. The largest absolute Gasteiger partial charge is 0.394 e. The van der Waals surface area contributed by atoms with E-state index in [1.165, 1.54) is 0 Å². The van der Waals surface area contributed by atoms with Crippen molar-refractivity contribution in [2.24, 2.45) is 23.7 Å². The van der Waals surface area contributed by atoms with Gasteiger partial charge in [0.15, 0.2) is 0 Å². The molecule has 7 nitrogen and oxygen atoms in total. The molecule has 1 saturated heterocycles. The maximum Gasteiger partial charge on any atom is 0.243 e. The fraction of sp³-hybridized carbons (Fsp3) is 0.762. The first-order valence-electron chi connectivity index (χ1n) is 10.5. The van der Waals surface area contributed by atoms with Crippen LogP contribution in [0.5, 0.6) is 0 Å². The number of allylic oxidation sites excluding steroid dienone is 1. The van der Waals surface area contributed by atoms with Gasteiger partial charge in [0.05, 0.1) is 24.5 Å². The summed E-state index contributed by atoms with van der Waals surface area (Å²) in [6, 6.07) is -1.21. The van der Waals surface area contributed by atoms with Crippen molar-refractivity contribution >= 4 is 17.7 Å². The smallest absolute Gasteiger partial charge is 0.243 e. The molecule has 3 amide bonds. The molecule has 0 aromatic carbocycles. The van der Waals surface area contributed by atoms with Gasteiger partial charge in [0.1, 0.15) is 6.04 Å². The number of likely N-dealkylation sites (tertiary alicyclic amines) is 1. The predicted octanol–water partition coefficient (Wildman–Crippen LogP) is 1.07. The molecule has 1 fully saturated rings. The third kappa shape index (κ3) is 4.09. The van der Waals surface area contributed by atoms with Crippen molar-refractivity contribution in [2.45, 2.75) is 65.1 Å². The second-order valence-corrected chi connectivity index (χ2v) is 8.18. The second-order valence-electron chi connectivity index (χ2n) is 8.18. The van der Waals surface area contributed by atoms with Crippen LogP contribution < -0.4 is 10.6 Å². The molecule has 1 heterocycles. The Labute approximate surface area is 167 Å². The summed E-state index contributed by atoms with van der Waals surface area (Å²) < 4.78 is 0. The summed E-state index contributed by atoms with van der Waals surface area (Å²) in [5.74, 6) is -2.06. The molecule has 0 spiro atoms. The molecule has 6 atom stereocenters. The Hall–Kier alpha value is -1.89.